The lowest BCUT2D eigenvalue weighted by Gasteiger charge is -2.38. The molecule has 8 aliphatic heterocycles. The summed E-state index contributed by atoms with van der Waals surface area (Å²) in [6.07, 6.45) is 16.9. The van der Waals surface area contributed by atoms with E-state index in [1.54, 1.807) is 6.07 Å². The molecule has 3 amide bonds. The second kappa shape index (κ2) is 39.6. The number of hydrogen-bond acceptors (Lipinski definition) is 24. The lowest BCUT2D eigenvalue weighted by molar-refractivity contribution is -0.127. The molecule has 5 fully saturated rings. The number of ether oxygens (including phenoxy) is 3. The van der Waals surface area contributed by atoms with Crippen LogP contribution in [0.3, 0.4) is 0 Å². The van der Waals surface area contributed by atoms with Crippen LogP contribution in [0.4, 0.5) is 34.5 Å². The highest BCUT2D eigenvalue weighted by atomic mass is 16.5. The maximum atomic E-state index is 12.2. The number of phenols is 3. The topological polar surface area (TPSA) is 256 Å². The zero-order chi connectivity index (χ0) is 83.0. The van der Waals surface area contributed by atoms with Gasteiger partial charge in [-0.05, 0) is 170 Å². The van der Waals surface area contributed by atoms with Crippen LogP contribution in [-0.2, 0) is 53.3 Å². The number of aromatic hydroxyl groups is 3. The molecule has 27 nitrogen and oxygen atoms in total. The number of anilines is 6. The number of phenolic OH excluding ortho intramolecular Hbond substituents is 3. The number of amides is 3. The number of unbranched alkanes of at least 4 members (excludes halogenated alkanes) is 1. The summed E-state index contributed by atoms with van der Waals surface area (Å²) in [6, 6.07) is 36.7. The van der Waals surface area contributed by atoms with Crippen molar-refractivity contribution in [2.75, 3.05) is 207 Å². The van der Waals surface area contributed by atoms with Gasteiger partial charge in [-0.2, -0.15) is 29.9 Å². The zero-order valence-corrected chi connectivity index (χ0v) is 69.9. The van der Waals surface area contributed by atoms with Crippen molar-refractivity contribution in [1.29, 1.82) is 0 Å². The van der Waals surface area contributed by atoms with Gasteiger partial charge in [0.25, 0.3) is 0 Å². The summed E-state index contributed by atoms with van der Waals surface area (Å²) in [7, 11) is 4.15. The molecule has 0 aliphatic carbocycles. The third-order valence-corrected chi connectivity index (χ3v) is 24.3. The van der Waals surface area contributed by atoms with E-state index in [2.05, 4.69) is 96.1 Å². The smallest absolute Gasteiger partial charge is 0.318 e. The fraction of sp³-hybridized carbons (Fsp3) is 0.452. The van der Waals surface area contributed by atoms with Crippen LogP contribution in [0.5, 0.6) is 35.3 Å². The molecule has 3 aromatic heterocycles. The molecule has 17 rings (SSSR count). The molecule has 0 saturated carbocycles. The number of benzene rings is 6. The first-order valence-electron chi connectivity index (χ1n) is 43.2. The molecular formula is C93H116N18O9. The minimum atomic E-state index is -0.0323. The van der Waals surface area contributed by atoms with Crippen molar-refractivity contribution in [2.24, 2.45) is 0 Å². The summed E-state index contributed by atoms with van der Waals surface area (Å²) in [5, 5.41) is 37.7. The maximum absolute atomic E-state index is 12.2. The van der Waals surface area contributed by atoms with E-state index in [0.29, 0.717) is 136 Å². The Morgan fingerprint density at radius 1 is 0.375 bits per heavy atom. The first kappa shape index (κ1) is 83.5. The molecule has 632 valence electrons. The predicted molar refractivity (Wildman–Crippen MR) is 474 cm³/mol. The van der Waals surface area contributed by atoms with Crippen LogP contribution in [0.2, 0.25) is 0 Å². The molecule has 5 saturated heterocycles. The summed E-state index contributed by atoms with van der Waals surface area (Å²) in [5.41, 5.74) is 9.32. The monoisotopic (exact) mass is 1630 g/mol. The molecule has 0 unspecified atom stereocenters. The second-order valence-electron chi connectivity index (χ2n) is 32.6. The Hall–Kier alpha value is -11.6. The molecule has 8 aliphatic rings. The lowest BCUT2D eigenvalue weighted by Crippen LogP contribution is -2.49. The fourth-order valence-corrected chi connectivity index (χ4v) is 18.0. The van der Waals surface area contributed by atoms with Crippen LogP contribution < -0.4 is 43.6 Å². The number of nitrogens with zero attached hydrogens (tertiary/aromatic N) is 18. The largest absolute Gasteiger partial charge is 0.508 e. The molecule has 6 aromatic carbocycles. The quantitative estimate of drug-likeness (QED) is 0.0355. The van der Waals surface area contributed by atoms with Crippen molar-refractivity contribution in [3.8, 4) is 35.3 Å². The fourth-order valence-electron chi connectivity index (χ4n) is 18.0. The normalized spacial score (nSPS) is 17.1. The Bertz CT molecular complexity index is 5110. The van der Waals surface area contributed by atoms with Gasteiger partial charge in [0.2, 0.25) is 17.7 Å². The maximum Gasteiger partial charge on any atom is 0.318 e. The van der Waals surface area contributed by atoms with Gasteiger partial charge in [0.1, 0.15) is 34.7 Å². The Labute approximate surface area is 704 Å². The van der Waals surface area contributed by atoms with E-state index in [1.807, 2.05) is 99.6 Å². The average Bonchev–Trinajstić information content (AvgIpc) is 0.851. The Kier molecular flexibility index (Phi) is 27.5. The van der Waals surface area contributed by atoms with E-state index in [9.17, 15) is 29.7 Å². The highest BCUT2D eigenvalue weighted by Crippen LogP contribution is 2.41. The third-order valence-electron chi connectivity index (χ3n) is 24.3. The van der Waals surface area contributed by atoms with Crippen molar-refractivity contribution in [1.82, 2.24) is 59.3 Å². The summed E-state index contributed by atoms with van der Waals surface area (Å²) < 4.78 is 18.4. The summed E-state index contributed by atoms with van der Waals surface area (Å²) >= 11 is 0. The number of piperazine rings is 3. The number of carbonyl (C=O) groups is 3. The highest BCUT2D eigenvalue weighted by Gasteiger charge is 2.34. The minimum absolute atomic E-state index is 0.0268. The van der Waals surface area contributed by atoms with E-state index in [4.69, 9.17) is 44.1 Å². The van der Waals surface area contributed by atoms with Crippen molar-refractivity contribution in [3.63, 3.8) is 0 Å². The predicted octanol–water partition coefficient (Wildman–Crippen LogP) is 11.0. The van der Waals surface area contributed by atoms with Crippen LogP contribution in [-0.4, -0.2) is 270 Å². The van der Waals surface area contributed by atoms with Gasteiger partial charge >= 0.3 is 18.0 Å². The lowest BCUT2D eigenvalue weighted by atomic mass is 10.0. The van der Waals surface area contributed by atoms with E-state index < -0.39 is 0 Å². The molecule has 27 heteroatoms. The van der Waals surface area contributed by atoms with Gasteiger partial charge in [-0.15, -0.1) is 0 Å². The minimum Gasteiger partial charge on any atom is -0.508 e. The van der Waals surface area contributed by atoms with Gasteiger partial charge < -0.3 is 88.3 Å². The zero-order valence-electron chi connectivity index (χ0n) is 69.9. The number of rotatable bonds is 25. The Morgan fingerprint density at radius 3 is 1.00 bits per heavy atom. The first-order valence-corrected chi connectivity index (χ1v) is 43.2. The first-order chi connectivity index (χ1) is 58.6. The number of piperidine rings is 1. The number of hydrogen-bond donors (Lipinski definition) is 3. The molecule has 11 heterocycles. The van der Waals surface area contributed by atoms with Gasteiger partial charge in [-0.1, -0.05) is 99.0 Å². The molecule has 0 radical (unpaired) electrons. The van der Waals surface area contributed by atoms with Gasteiger partial charge in [0.15, 0.2) is 0 Å². The van der Waals surface area contributed by atoms with Gasteiger partial charge in [-0.25, -0.2) is 0 Å². The summed E-state index contributed by atoms with van der Waals surface area (Å²) in [4.78, 5) is 92.3. The highest BCUT2D eigenvalue weighted by molar-refractivity contribution is 5.98. The van der Waals surface area contributed by atoms with Crippen LogP contribution in [0.1, 0.15) is 91.6 Å². The van der Waals surface area contributed by atoms with Crippen molar-refractivity contribution < 1.29 is 43.9 Å². The van der Waals surface area contributed by atoms with Crippen molar-refractivity contribution in [2.45, 2.75) is 96.7 Å². The molecular weight excluding hydrogens is 1510 g/mol. The van der Waals surface area contributed by atoms with Gasteiger partial charge in [0.05, 0.1) is 56.5 Å². The number of carbonyl (C=O) groups excluding carboxylic acids is 3. The molecule has 0 bridgehead atoms. The van der Waals surface area contributed by atoms with Crippen molar-refractivity contribution in [3.05, 3.63) is 181 Å². The van der Waals surface area contributed by atoms with Crippen LogP contribution in [0.25, 0.3) is 32.3 Å². The summed E-state index contributed by atoms with van der Waals surface area (Å²) in [5.74, 6) is 3.45. The molecule has 0 atom stereocenters. The third kappa shape index (κ3) is 20.3. The van der Waals surface area contributed by atoms with E-state index >= 15 is 0 Å². The molecule has 120 heavy (non-hydrogen) atoms. The van der Waals surface area contributed by atoms with Gasteiger partial charge in [-0.3, -0.25) is 14.4 Å². The number of likely N-dealkylation sites (tertiary alicyclic amines) is 2. The van der Waals surface area contributed by atoms with Gasteiger partial charge in [0, 0.05) is 179 Å². The van der Waals surface area contributed by atoms with E-state index in [-0.39, 0.29) is 35.0 Å². The molecule has 0 spiro atoms. The molecule has 3 N–H and O–H groups in total. The molecule has 9 aromatic rings. The Balaban J connectivity index is 0.000000140. The number of fused-ring (bicyclic) bond motifs is 6. The van der Waals surface area contributed by atoms with Crippen LogP contribution >= 0.6 is 0 Å². The SMILES string of the molecule is C=CC(=O)N1CCN(c2nc(OCCCCN(C)C)nc3c2CCN(c2cc(O)cc4ccccc24)C3)CC1.C=CC(=O)N1CCN(c2nc(OCCCN3CCCC3)nc3c2CCN(c2cc(O)cc4ccccc24)C3)CC1.C=CC(=O)N1CCN(c2nc(OCCCN3CCCCC3)nc3c2CCN(c2cc(O)cc4ccccc24)C3)CC1. The average molecular weight is 1630 g/mol. The van der Waals surface area contributed by atoms with Crippen LogP contribution in [0.15, 0.2) is 147 Å². The standard InChI is InChI=1S/C32H40N6O3.C31H38N6O3.C30H38N6O3/c1-2-30(40)36-16-18-37(19-17-36)31-27-11-15-38(29-22-25(39)21-24-9-4-5-10-26(24)29)23-28(27)33-32(34-31)41-20-8-14-35-12-6-3-7-13-35;1-2-29(39)35-15-17-36(18-16-35)30-26-10-14-37(28-21-24(38)20-23-8-3-4-9-25(23)28)22-27(26)32-31(33-30)40-19-7-13-34-11-5-6-12-34;1-4-28(38)34-14-16-35(17-15-34)29-25-11-13-36(27-20-23(37)19-22-9-5-6-10-24(22)27)21-26(25)31-30(32-29)39-18-8-7-12-33(2)3/h2,4-5,9-10,21-22,39H,1,3,6-8,11-20,23H2;2-4,8-9,20-21,38H,1,5-7,10-19,22H2;4-6,9-10,19-20,37H,1,7-8,11-18,21H2,2-3H3. The van der Waals surface area contributed by atoms with E-state index in [0.717, 1.165) is 185 Å². The summed E-state index contributed by atoms with van der Waals surface area (Å²) in [6.45, 7) is 32.7. The second-order valence-corrected chi connectivity index (χ2v) is 32.6. The Morgan fingerprint density at radius 2 is 0.683 bits per heavy atom. The van der Waals surface area contributed by atoms with Crippen molar-refractivity contribution >= 4 is 84.6 Å². The van der Waals surface area contributed by atoms with Crippen LogP contribution in [0, 0.1) is 0 Å². The van der Waals surface area contributed by atoms with E-state index in [1.165, 1.54) is 76.5 Å². The number of aromatic nitrogens is 6.